The van der Waals surface area contributed by atoms with Crippen molar-refractivity contribution in [3.8, 4) is 0 Å². The molecule has 2 fully saturated rings. The van der Waals surface area contributed by atoms with E-state index in [1.54, 1.807) is 0 Å². The quantitative estimate of drug-likeness (QED) is 0.860. The molecule has 2 aliphatic rings. The molecule has 2 unspecified atom stereocenters. The molecule has 1 saturated carbocycles. The van der Waals surface area contributed by atoms with Crippen LogP contribution in [0.15, 0.2) is 18.3 Å². The number of nitrogens with one attached hydrogen (secondary N) is 1. The summed E-state index contributed by atoms with van der Waals surface area (Å²) in [5.74, 6) is 1.23. The lowest BCUT2D eigenvalue weighted by atomic mass is 9.85. The summed E-state index contributed by atoms with van der Waals surface area (Å²) in [5, 5.41) is 3.08. The molecule has 3 N–H and O–H groups in total. The van der Waals surface area contributed by atoms with Gasteiger partial charge in [-0.15, -0.1) is 0 Å². The number of nitrogens with zero attached hydrogens (tertiary/aromatic N) is 3. The second-order valence-electron chi connectivity index (χ2n) is 7.15. The first-order valence-corrected chi connectivity index (χ1v) is 9.03. The number of nitrogens with two attached hydrogens (primary N) is 1. The summed E-state index contributed by atoms with van der Waals surface area (Å²) in [5.41, 5.74) is 7.09. The second kappa shape index (κ2) is 7.94. The van der Waals surface area contributed by atoms with Gasteiger partial charge in [0, 0.05) is 50.9 Å². The normalized spacial score (nSPS) is 25.5. The molecule has 1 aliphatic carbocycles. The smallest absolute Gasteiger partial charge is 0.223 e. The fraction of sp³-hybridized carbons (Fsp3) is 0.667. The second-order valence-corrected chi connectivity index (χ2v) is 7.15. The standard InChI is InChI=1S/C18H29N5O/c1-22-7-9-23(10-8-22)17-11-14(5-6-20-17)13-21-18(24)15-3-2-4-16(19)12-15/h5-6,11,15-16H,2-4,7-10,12-13,19H2,1H3,(H,21,24). The van der Waals surface area contributed by atoms with E-state index in [2.05, 4.69) is 33.2 Å². The number of likely N-dealkylation sites (N-methyl/N-ethyl adjacent to an activating group) is 1. The van der Waals surface area contributed by atoms with Gasteiger partial charge in [0.1, 0.15) is 5.82 Å². The number of hydrogen-bond acceptors (Lipinski definition) is 5. The van der Waals surface area contributed by atoms with E-state index in [1.165, 1.54) is 0 Å². The van der Waals surface area contributed by atoms with Gasteiger partial charge in [0.2, 0.25) is 5.91 Å². The predicted molar refractivity (Wildman–Crippen MR) is 95.7 cm³/mol. The highest BCUT2D eigenvalue weighted by Gasteiger charge is 2.25. The topological polar surface area (TPSA) is 74.5 Å². The monoisotopic (exact) mass is 331 g/mol. The molecule has 1 saturated heterocycles. The average Bonchev–Trinajstić information content (AvgIpc) is 2.60. The lowest BCUT2D eigenvalue weighted by molar-refractivity contribution is -0.126. The van der Waals surface area contributed by atoms with Crippen LogP contribution >= 0.6 is 0 Å². The highest BCUT2D eigenvalue weighted by molar-refractivity contribution is 5.78. The first kappa shape index (κ1) is 17.2. The fourth-order valence-corrected chi connectivity index (χ4v) is 3.58. The predicted octanol–water partition coefficient (Wildman–Crippen LogP) is 0.967. The molecule has 0 spiro atoms. The fourth-order valence-electron chi connectivity index (χ4n) is 3.58. The van der Waals surface area contributed by atoms with Gasteiger partial charge < -0.3 is 20.9 Å². The van der Waals surface area contributed by atoms with E-state index in [0.717, 1.165) is 63.2 Å². The number of anilines is 1. The molecule has 0 radical (unpaired) electrons. The van der Waals surface area contributed by atoms with Crippen molar-refractivity contribution < 1.29 is 4.79 Å². The Labute approximate surface area is 144 Å². The molecular weight excluding hydrogens is 302 g/mol. The molecule has 6 nitrogen and oxygen atoms in total. The van der Waals surface area contributed by atoms with Crippen LogP contribution in [0, 0.1) is 5.92 Å². The number of aromatic nitrogens is 1. The van der Waals surface area contributed by atoms with Gasteiger partial charge in [-0.05, 0) is 44.0 Å². The van der Waals surface area contributed by atoms with E-state index in [4.69, 9.17) is 5.73 Å². The van der Waals surface area contributed by atoms with Crippen LogP contribution in [0.3, 0.4) is 0 Å². The number of carbonyl (C=O) groups excluding carboxylic acids is 1. The van der Waals surface area contributed by atoms with Crippen LogP contribution in [-0.4, -0.2) is 55.1 Å². The lowest BCUT2D eigenvalue weighted by Crippen LogP contribution is -2.44. The summed E-state index contributed by atoms with van der Waals surface area (Å²) in [7, 11) is 2.15. The van der Waals surface area contributed by atoms with Crippen LogP contribution in [-0.2, 0) is 11.3 Å². The van der Waals surface area contributed by atoms with E-state index < -0.39 is 0 Å². The van der Waals surface area contributed by atoms with E-state index in [0.29, 0.717) is 6.54 Å². The van der Waals surface area contributed by atoms with Gasteiger partial charge in [0.05, 0.1) is 0 Å². The zero-order valence-electron chi connectivity index (χ0n) is 14.6. The van der Waals surface area contributed by atoms with Gasteiger partial charge in [-0.1, -0.05) is 6.42 Å². The summed E-state index contributed by atoms with van der Waals surface area (Å²) < 4.78 is 0. The van der Waals surface area contributed by atoms with Gasteiger partial charge >= 0.3 is 0 Å². The number of hydrogen-bond donors (Lipinski definition) is 2. The third-order valence-electron chi connectivity index (χ3n) is 5.19. The summed E-state index contributed by atoms with van der Waals surface area (Å²) in [4.78, 5) is 21.5. The van der Waals surface area contributed by atoms with E-state index in [-0.39, 0.29) is 17.9 Å². The van der Waals surface area contributed by atoms with Gasteiger partial charge in [-0.2, -0.15) is 0 Å². The molecule has 24 heavy (non-hydrogen) atoms. The van der Waals surface area contributed by atoms with Crippen molar-refractivity contribution in [1.82, 2.24) is 15.2 Å². The number of rotatable bonds is 4. The molecule has 0 bridgehead atoms. The number of piperazine rings is 1. The highest BCUT2D eigenvalue weighted by atomic mass is 16.1. The van der Waals surface area contributed by atoms with E-state index in [9.17, 15) is 4.79 Å². The van der Waals surface area contributed by atoms with Crippen molar-refractivity contribution in [3.05, 3.63) is 23.9 Å². The molecule has 2 heterocycles. The van der Waals surface area contributed by atoms with Crippen molar-refractivity contribution >= 4 is 11.7 Å². The highest BCUT2D eigenvalue weighted by Crippen LogP contribution is 2.23. The molecule has 0 aromatic carbocycles. The molecule has 1 aliphatic heterocycles. The van der Waals surface area contributed by atoms with Gasteiger partial charge in [-0.3, -0.25) is 4.79 Å². The maximum atomic E-state index is 12.3. The Morgan fingerprint density at radius 2 is 2.12 bits per heavy atom. The molecule has 1 aromatic rings. The molecule has 6 heteroatoms. The number of pyridine rings is 1. The van der Waals surface area contributed by atoms with Crippen LogP contribution in [0.1, 0.15) is 31.2 Å². The summed E-state index contributed by atoms with van der Waals surface area (Å²) in [6.07, 6.45) is 5.72. The summed E-state index contributed by atoms with van der Waals surface area (Å²) in [6, 6.07) is 4.25. The Bertz CT molecular complexity index is 556. The minimum absolute atomic E-state index is 0.0766. The van der Waals surface area contributed by atoms with Crippen LogP contribution < -0.4 is 16.0 Å². The van der Waals surface area contributed by atoms with Crippen molar-refractivity contribution in [2.45, 2.75) is 38.3 Å². The van der Waals surface area contributed by atoms with Gasteiger partial charge in [0.25, 0.3) is 0 Å². The van der Waals surface area contributed by atoms with Crippen molar-refractivity contribution in [2.24, 2.45) is 11.7 Å². The van der Waals surface area contributed by atoms with Crippen molar-refractivity contribution in [1.29, 1.82) is 0 Å². The Hall–Kier alpha value is -1.66. The van der Waals surface area contributed by atoms with Crippen LogP contribution in [0.4, 0.5) is 5.82 Å². The Kier molecular flexibility index (Phi) is 5.68. The zero-order valence-corrected chi connectivity index (χ0v) is 14.6. The molecule has 1 aromatic heterocycles. The third-order valence-corrected chi connectivity index (χ3v) is 5.19. The SMILES string of the molecule is CN1CCN(c2cc(CNC(=O)C3CCCC(N)C3)ccn2)CC1. The maximum Gasteiger partial charge on any atom is 0.223 e. The average molecular weight is 331 g/mol. The summed E-state index contributed by atoms with van der Waals surface area (Å²) >= 11 is 0. The van der Waals surface area contributed by atoms with Gasteiger partial charge in [-0.25, -0.2) is 4.98 Å². The summed E-state index contributed by atoms with van der Waals surface area (Å²) in [6.45, 7) is 4.68. The van der Waals surface area contributed by atoms with E-state index >= 15 is 0 Å². The largest absolute Gasteiger partial charge is 0.354 e. The third kappa shape index (κ3) is 4.45. The first-order chi connectivity index (χ1) is 11.6. The molecule has 3 rings (SSSR count). The Balaban J connectivity index is 1.54. The van der Waals surface area contributed by atoms with Crippen LogP contribution in [0.2, 0.25) is 0 Å². The first-order valence-electron chi connectivity index (χ1n) is 9.03. The van der Waals surface area contributed by atoms with Crippen LogP contribution in [0.5, 0.6) is 0 Å². The van der Waals surface area contributed by atoms with Crippen molar-refractivity contribution in [2.75, 3.05) is 38.1 Å². The minimum atomic E-state index is 0.0766. The molecular formula is C18H29N5O. The van der Waals surface area contributed by atoms with Crippen molar-refractivity contribution in [3.63, 3.8) is 0 Å². The molecule has 2 atom stereocenters. The lowest BCUT2D eigenvalue weighted by Gasteiger charge is -2.33. The van der Waals surface area contributed by atoms with Crippen LogP contribution in [0.25, 0.3) is 0 Å². The molecule has 132 valence electrons. The maximum absolute atomic E-state index is 12.3. The Morgan fingerprint density at radius 1 is 1.33 bits per heavy atom. The number of amides is 1. The molecule has 1 amide bonds. The van der Waals surface area contributed by atoms with Gasteiger partial charge in [0.15, 0.2) is 0 Å². The minimum Gasteiger partial charge on any atom is -0.354 e. The Morgan fingerprint density at radius 3 is 2.88 bits per heavy atom. The van der Waals surface area contributed by atoms with E-state index in [1.807, 2.05) is 12.3 Å². The zero-order chi connectivity index (χ0) is 16.9. The number of carbonyl (C=O) groups is 1.